The van der Waals surface area contributed by atoms with Crippen LogP contribution in [0.15, 0.2) is 24.3 Å². The second-order valence-electron chi connectivity index (χ2n) is 3.68. The molecule has 0 aromatic heterocycles. The predicted octanol–water partition coefficient (Wildman–Crippen LogP) is 2.27. The molecule has 0 saturated heterocycles. The summed E-state index contributed by atoms with van der Waals surface area (Å²) in [6.07, 6.45) is 3.16. The number of hydrogen-bond donors (Lipinski definition) is 2. The van der Waals surface area contributed by atoms with E-state index in [2.05, 4.69) is 5.43 Å². The number of nitrogens with two attached hydrogens (primary N) is 1. The van der Waals surface area contributed by atoms with Gasteiger partial charge in [0.25, 0.3) is 0 Å². The molecular weight excluding hydrogens is 240 g/mol. The summed E-state index contributed by atoms with van der Waals surface area (Å²) in [6, 6.07) is 7.26. The van der Waals surface area contributed by atoms with Crippen molar-refractivity contribution in [1.82, 2.24) is 5.43 Å². The van der Waals surface area contributed by atoms with Crippen LogP contribution in [0, 0.1) is 0 Å². The Labute approximate surface area is 106 Å². The molecule has 4 nitrogen and oxygen atoms in total. The van der Waals surface area contributed by atoms with Gasteiger partial charge in [-0.05, 0) is 43.5 Å². The molecule has 94 valence electrons. The molecule has 5 heteroatoms. The van der Waals surface area contributed by atoms with Gasteiger partial charge in [-0.2, -0.15) is 0 Å². The topological polar surface area (TPSA) is 64.3 Å². The van der Waals surface area contributed by atoms with E-state index in [0.29, 0.717) is 18.1 Å². The van der Waals surface area contributed by atoms with E-state index in [4.69, 9.17) is 22.2 Å². The van der Waals surface area contributed by atoms with Gasteiger partial charge in [0.2, 0.25) is 5.91 Å². The molecule has 0 spiro atoms. The first kappa shape index (κ1) is 13.8. The molecule has 0 aliphatic rings. The summed E-state index contributed by atoms with van der Waals surface area (Å²) < 4.78 is 5.51. The molecule has 1 amide bonds. The lowest BCUT2D eigenvalue weighted by molar-refractivity contribution is -0.121. The number of halogens is 1. The number of rotatable bonds is 7. The molecular formula is C12H17ClN2O2. The first-order valence-corrected chi connectivity index (χ1v) is 5.98. The average Bonchev–Trinajstić information content (AvgIpc) is 2.35. The predicted molar refractivity (Wildman–Crippen MR) is 67.7 cm³/mol. The maximum Gasteiger partial charge on any atom is 0.233 e. The van der Waals surface area contributed by atoms with Crippen LogP contribution in [0.5, 0.6) is 5.75 Å². The van der Waals surface area contributed by atoms with Crippen molar-refractivity contribution in [2.45, 2.75) is 25.7 Å². The molecule has 0 aliphatic carbocycles. The SMILES string of the molecule is NNC(=O)CCCCCOc1ccc(Cl)cc1. The Morgan fingerprint density at radius 3 is 2.59 bits per heavy atom. The normalized spacial score (nSPS) is 10.0. The van der Waals surface area contributed by atoms with E-state index >= 15 is 0 Å². The summed E-state index contributed by atoms with van der Waals surface area (Å²) in [7, 11) is 0. The highest BCUT2D eigenvalue weighted by atomic mass is 35.5. The van der Waals surface area contributed by atoms with Crippen molar-refractivity contribution in [1.29, 1.82) is 0 Å². The highest BCUT2D eigenvalue weighted by Crippen LogP contribution is 2.15. The molecule has 0 heterocycles. The smallest absolute Gasteiger partial charge is 0.233 e. The summed E-state index contributed by atoms with van der Waals surface area (Å²) in [6.45, 7) is 0.645. The van der Waals surface area contributed by atoms with E-state index in [1.54, 1.807) is 12.1 Å². The molecule has 3 N–H and O–H groups in total. The Hall–Kier alpha value is -1.26. The minimum atomic E-state index is -0.122. The Balaban J connectivity index is 2.04. The van der Waals surface area contributed by atoms with Crippen LogP contribution in [0.4, 0.5) is 0 Å². The van der Waals surface area contributed by atoms with Gasteiger partial charge in [0.1, 0.15) is 5.75 Å². The van der Waals surface area contributed by atoms with Gasteiger partial charge in [-0.15, -0.1) is 0 Å². The van der Waals surface area contributed by atoms with Gasteiger partial charge < -0.3 is 4.74 Å². The highest BCUT2D eigenvalue weighted by Gasteiger charge is 1.98. The number of benzene rings is 1. The fraction of sp³-hybridized carbons (Fsp3) is 0.417. The largest absolute Gasteiger partial charge is 0.494 e. The fourth-order valence-corrected chi connectivity index (χ4v) is 1.48. The summed E-state index contributed by atoms with van der Waals surface area (Å²) in [4.78, 5) is 10.8. The molecule has 1 aromatic rings. The number of carbonyl (C=O) groups excluding carboxylic acids is 1. The molecule has 1 rings (SSSR count). The van der Waals surface area contributed by atoms with Gasteiger partial charge in [0.05, 0.1) is 6.61 Å². The van der Waals surface area contributed by atoms with E-state index in [-0.39, 0.29) is 5.91 Å². The number of hydrogen-bond acceptors (Lipinski definition) is 3. The summed E-state index contributed by atoms with van der Waals surface area (Å²) >= 11 is 5.75. The average molecular weight is 257 g/mol. The number of nitrogens with one attached hydrogen (secondary N) is 1. The first-order chi connectivity index (χ1) is 8.22. The van der Waals surface area contributed by atoms with Crippen LogP contribution in [-0.4, -0.2) is 12.5 Å². The van der Waals surface area contributed by atoms with Crippen molar-refractivity contribution >= 4 is 17.5 Å². The fourth-order valence-electron chi connectivity index (χ4n) is 1.36. The maximum absolute atomic E-state index is 10.8. The van der Waals surface area contributed by atoms with Crippen LogP contribution in [0.3, 0.4) is 0 Å². The van der Waals surface area contributed by atoms with E-state index in [0.717, 1.165) is 25.0 Å². The number of carbonyl (C=O) groups is 1. The summed E-state index contributed by atoms with van der Waals surface area (Å²) in [5.74, 6) is 5.66. The Kier molecular flexibility index (Phi) is 6.43. The second kappa shape index (κ2) is 7.92. The van der Waals surface area contributed by atoms with E-state index in [9.17, 15) is 4.79 Å². The molecule has 17 heavy (non-hydrogen) atoms. The molecule has 0 saturated carbocycles. The van der Waals surface area contributed by atoms with Crippen LogP contribution in [0.1, 0.15) is 25.7 Å². The van der Waals surface area contributed by atoms with Crippen molar-refractivity contribution in [3.63, 3.8) is 0 Å². The number of unbranched alkanes of at least 4 members (excludes halogenated alkanes) is 2. The lowest BCUT2D eigenvalue weighted by atomic mass is 10.2. The third kappa shape index (κ3) is 6.14. The van der Waals surface area contributed by atoms with Gasteiger partial charge in [0.15, 0.2) is 0 Å². The third-order valence-corrected chi connectivity index (χ3v) is 2.54. The summed E-state index contributed by atoms with van der Waals surface area (Å²) in [5.41, 5.74) is 2.10. The van der Waals surface area contributed by atoms with Crippen molar-refractivity contribution in [3.8, 4) is 5.75 Å². The zero-order chi connectivity index (χ0) is 12.5. The second-order valence-corrected chi connectivity index (χ2v) is 4.12. The molecule has 0 unspecified atom stereocenters. The van der Waals surface area contributed by atoms with Gasteiger partial charge >= 0.3 is 0 Å². The maximum atomic E-state index is 10.8. The van der Waals surface area contributed by atoms with Crippen LogP contribution < -0.4 is 16.0 Å². The van der Waals surface area contributed by atoms with Gasteiger partial charge in [-0.25, -0.2) is 5.84 Å². The molecule has 0 aliphatic heterocycles. The van der Waals surface area contributed by atoms with Crippen molar-refractivity contribution in [2.75, 3.05) is 6.61 Å². The minimum absolute atomic E-state index is 0.122. The third-order valence-electron chi connectivity index (χ3n) is 2.29. The van der Waals surface area contributed by atoms with Gasteiger partial charge in [-0.1, -0.05) is 11.6 Å². The zero-order valence-electron chi connectivity index (χ0n) is 9.62. The standard InChI is InChI=1S/C12H17ClN2O2/c13-10-5-7-11(8-6-10)17-9-3-1-2-4-12(16)15-14/h5-8H,1-4,9,14H2,(H,15,16). The molecule has 0 atom stereocenters. The van der Waals surface area contributed by atoms with Crippen molar-refractivity contribution in [3.05, 3.63) is 29.3 Å². The summed E-state index contributed by atoms with van der Waals surface area (Å²) in [5, 5.41) is 0.699. The van der Waals surface area contributed by atoms with E-state index < -0.39 is 0 Å². The van der Waals surface area contributed by atoms with Gasteiger partial charge in [0, 0.05) is 11.4 Å². The lowest BCUT2D eigenvalue weighted by Crippen LogP contribution is -2.29. The van der Waals surface area contributed by atoms with Crippen LogP contribution >= 0.6 is 11.6 Å². The molecule has 0 fully saturated rings. The Morgan fingerprint density at radius 2 is 1.94 bits per heavy atom. The van der Waals surface area contributed by atoms with Crippen LogP contribution in [0.2, 0.25) is 5.02 Å². The number of hydrazine groups is 1. The Bertz CT molecular complexity index is 341. The van der Waals surface area contributed by atoms with Crippen molar-refractivity contribution in [2.24, 2.45) is 5.84 Å². The number of amides is 1. The van der Waals surface area contributed by atoms with E-state index in [1.807, 2.05) is 12.1 Å². The quantitative estimate of drug-likeness (QED) is 0.340. The van der Waals surface area contributed by atoms with Gasteiger partial charge in [-0.3, -0.25) is 10.2 Å². The molecule has 0 bridgehead atoms. The number of ether oxygens (including phenoxy) is 1. The van der Waals surface area contributed by atoms with Crippen LogP contribution in [-0.2, 0) is 4.79 Å². The van der Waals surface area contributed by atoms with Crippen LogP contribution in [0.25, 0.3) is 0 Å². The highest BCUT2D eigenvalue weighted by molar-refractivity contribution is 6.30. The van der Waals surface area contributed by atoms with Crippen molar-refractivity contribution < 1.29 is 9.53 Å². The molecule has 1 aromatic carbocycles. The zero-order valence-corrected chi connectivity index (χ0v) is 10.4. The Morgan fingerprint density at radius 1 is 1.24 bits per heavy atom. The lowest BCUT2D eigenvalue weighted by Gasteiger charge is -2.05. The van der Waals surface area contributed by atoms with E-state index in [1.165, 1.54) is 0 Å². The first-order valence-electron chi connectivity index (χ1n) is 5.60. The molecule has 0 radical (unpaired) electrons. The minimum Gasteiger partial charge on any atom is -0.494 e. The monoisotopic (exact) mass is 256 g/mol.